The molecule has 2 aromatic rings. The van der Waals surface area contributed by atoms with Crippen LogP contribution >= 0.6 is 22.9 Å². The lowest BCUT2D eigenvalue weighted by Gasteiger charge is -2.05. The molecule has 1 aromatic heterocycles. The minimum atomic E-state index is -0.502. The van der Waals surface area contributed by atoms with Crippen LogP contribution in [0.2, 0.25) is 5.02 Å². The Balaban J connectivity index is 2.02. The average Bonchev–Trinajstić information content (AvgIpc) is 2.88. The van der Waals surface area contributed by atoms with Crippen molar-refractivity contribution >= 4 is 22.9 Å². The SMILES string of the molecule is OCCC#Cc1ccsc1COc1ccc(Cl)c(F)c1. The van der Waals surface area contributed by atoms with Crippen LogP contribution in [0.15, 0.2) is 29.6 Å². The van der Waals surface area contributed by atoms with Crippen LogP contribution in [-0.4, -0.2) is 11.7 Å². The fourth-order valence-electron chi connectivity index (χ4n) is 1.49. The largest absolute Gasteiger partial charge is 0.488 e. The highest BCUT2D eigenvalue weighted by Crippen LogP contribution is 2.23. The van der Waals surface area contributed by atoms with E-state index in [1.165, 1.54) is 23.5 Å². The normalized spacial score (nSPS) is 9.95. The summed E-state index contributed by atoms with van der Waals surface area (Å²) < 4.78 is 18.8. The van der Waals surface area contributed by atoms with Gasteiger partial charge in [-0.25, -0.2) is 4.39 Å². The van der Waals surface area contributed by atoms with Gasteiger partial charge in [-0.15, -0.1) is 11.3 Å². The van der Waals surface area contributed by atoms with Gasteiger partial charge in [0.05, 0.1) is 16.5 Å². The van der Waals surface area contributed by atoms with Gasteiger partial charge < -0.3 is 9.84 Å². The first-order chi connectivity index (χ1) is 9.70. The van der Waals surface area contributed by atoms with Crippen molar-refractivity contribution in [1.29, 1.82) is 0 Å². The van der Waals surface area contributed by atoms with Gasteiger partial charge in [0.15, 0.2) is 0 Å². The standard InChI is InChI=1S/C15H12ClFO2S/c16-13-5-4-12(9-14(13)17)19-10-15-11(6-8-20-15)3-1-2-7-18/h4-6,8-9,18H,2,7,10H2. The maximum atomic E-state index is 13.3. The summed E-state index contributed by atoms with van der Waals surface area (Å²) in [4.78, 5) is 0.964. The molecule has 0 bridgehead atoms. The molecule has 0 radical (unpaired) electrons. The molecule has 0 fully saturated rings. The molecule has 0 aliphatic rings. The predicted molar refractivity (Wildman–Crippen MR) is 78.6 cm³/mol. The van der Waals surface area contributed by atoms with Gasteiger partial charge in [0, 0.05) is 18.1 Å². The minimum Gasteiger partial charge on any atom is -0.488 e. The zero-order chi connectivity index (χ0) is 14.4. The van der Waals surface area contributed by atoms with E-state index in [1.54, 1.807) is 6.07 Å². The second kappa shape index (κ2) is 7.30. The van der Waals surface area contributed by atoms with Crippen molar-refractivity contribution < 1.29 is 14.2 Å². The van der Waals surface area contributed by atoms with Gasteiger partial charge >= 0.3 is 0 Å². The smallest absolute Gasteiger partial charge is 0.145 e. The number of ether oxygens (including phenoxy) is 1. The van der Waals surface area contributed by atoms with Gasteiger partial charge in [0.1, 0.15) is 18.2 Å². The van der Waals surface area contributed by atoms with Crippen molar-refractivity contribution in [2.45, 2.75) is 13.0 Å². The summed E-state index contributed by atoms with van der Waals surface area (Å²) in [6.07, 6.45) is 0.443. The lowest BCUT2D eigenvalue weighted by atomic mass is 10.2. The highest BCUT2D eigenvalue weighted by atomic mass is 35.5. The van der Waals surface area contributed by atoms with Gasteiger partial charge in [-0.1, -0.05) is 23.4 Å². The summed E-state index contributed by atoms with van der Waals surface area (Å²) in [6, 6.07) is 6.24. The fraction of sp³-hybridized carbons (Fsp3) is 0.200. The van der Waals surface area contributed by atoms with E-state index in [9.17, 15) is 4.39 Å². The summed E-state index contributed by atoms with van der Waals surface area (Å²) in [5.74, 6) is 5.77. The number of rotatable bonds is 4. The number of halogens is 2. The van der Waals surface area contributed by atoms with E-state index >= 15 is 0 Å². The molecule has 104 valence electrons. The number of aliphatic hydroxyl groups excluding tert-OH is 1. The number of benzene rings is 1. The molecule has 0 saturated carbocycles. The van der Waals surface area contributed by atoms with Gasteiger partial charge in [0.2, 0.25) is 0 Å². The van der Waals surface area contributed by atoms with Gasteiger partial charge in [-0.2, -0.15) is 0 Å². The molecule has 0 aliphatic carbocycles. The number of thiophene rings is 1. The Bertz CT molecular complexity index is 643. The maximum absolute atomic E-state index is 13.3. The molecule has 0 spiro atoms. The molecule has 2 nitrogen and oxygen atoms in total. The molecular formula is C15H12ClFO2S. The van der Waals surface area contributed by atoms with Crippen LogP contribution in [0.5, 0.6) is 5.75 Å². The molecule has 20 heavy (non-hydrogen) atoms. The lowest BCUT2D eigenvalue weighted by molar-refractivity contribution is 0.305. The molecule has 5 heteroatoms. The summed E-state index contributed by atoms with van der Waals surface area (Å²) in [7, 11) is 0. The Hall–Kier alpha value is -1.54. The van der Waals surface area contributed by atoms with E-state index < -0.39 is 5.82 Å². The van der Waals surface area contributed by atoms with E-state index in [1.807, 2.05) is 11.4 Å². The quantitative estimate of drug-likeness (QED) is 0.869. The van der Waals surface area contributed by atoms with Crippen LogP contribution in [0.3, 0.4) is 0 Å². The van der Waals surface area contributed by atoms with Gasteiger partial charge in [-0.3, -0.25) is 0 Å². The number of hydrogen-bond acceptors (Lipinski definition) is 3. The summed E-state index contributed by atoms with van der Waals surface area (Å²) >= 11 is 7.13. The van der Waals surface area contributed by atoms with E-state index in [0.717, 1.165) is 10.4 Å². The zero-order valence-corrected chi connectivity index (χ0v) is 12.1. The topological polar surface area (TPSA) is 29.5 Å². The van der Waals surface area contributed by atoms with Crippen LogP contribution < -0.4 is 4.74 Å². The van der Waals surface area contributed by atoms with Crippen molar-refractivity contribution in [2.75, 3.05) is 6.61 Å². The van der Waals surface area contributed by atoms with Crippen LogP contribution in [-0.2, 0) is 6.61 Å². The minimum absolute atomic E-state index is 0.0486. The third kappa shape index (κ3) is 3.97. The second-order valence-corrected chi connectivity index (χ2v) is 5.31. The van der Waals surface area contributed by atoms with Crippen molar-refractivity contribution in [3.05, 3.63) is 50.9 Å². The van der Waals surface area contributed by atoms with E-state index in [0.29, 0.717) is 18.8 Å². The van der Waals surface area contributed by atoms with E-state index in [4.69, 9.17) is 21.4 Å². The van der Waals surface area contributed by atoms with Crippen LogP contribution in [0.1, 0.15) is 16.9 Å². The number of aliphatic hydroxyl groups is 1. The first kappa shape index (κ1) is 14.9. The van der Waals surface area contributed by atoms with E-state index in [2.05, 4.69) is 11.8 Å². The average molecular weight is 311 g/mol. The maximum Gasteiger partial charge on any atom is 0.145 e. The van der Waals surface area contributed by atoms with Crippen LogP contribution in [0, 0.1) is 17.7 Å². The summed E-state index contributed by atoms with van der Waals surface area (Å²) in [5.41, 5.74) is 0.873. The van der Waals surface area contributed by atoms with Gasteiger partial charge in [0.25, 0.3) is 0 Å². The molecule has 0 unspecified atom stereocenters. The molecule has 0 aliphatic heterocycles. The Morgan fingerprint density at radius 1 is 1.35 bits per heavy atom. The Kier molecular flexibility index (Phi) is 5.42. The Morgan fingerprint density at radius 3 is 2.95 bits per heavy atom. The molecule has 1 heterocycles. The van der Waals surface area contributed by atoms with Gasteiger partial charge in [-0.05, 0) is 23.6 Å². The fourth-order valence-corrected chi connectivity index (χ4v) is 2.35. The first-order valence-corrected chi connectivity index (χ1v) is 7.20. The monoisotopic (exact) mass is 310 g/mol. The first-order valence-electron chi connectivity index (χ1n) is 5.94. The molecule has 0 atom stereocenters. The van der Waals surface area contributed by atoms with Crippen molar-refractivity contribution in [3.8, 4) is 17.6 Å². The van der Waals surface area contributed by atoms with Crippen molar-refractivity contribution in [1.82, 2.24) is 0 Å². The molecule has 2 rings (SSSR count). The van der Waals surface area contributed by atoms with Crippen molar-refractivity contribution in [2.24, 2.45) is 0 Å². The zero-order valence-electron chi connectivity index (χ0n) is 10.5. The molecule has 1 aromatic carbocycles. The highest BCUT2D eigenvalue weighted by molar-refractivity contribution is 7.10. The van der Waals surface area contributed by atoms with Crippen molar-refractivity contribution in [3.63, 3.8) is 0 Å². The summed E-state index contributed by atoms with van der Waals surface area (Å²) in [6.45, 7) is 0.370. The third-order valence-corrected chi connectivity index (χ3v) is 3.67. The molecular weight excluding hydrogens is 299 g/mol. The summed E-state index contributed by atoms with van der Waals surface area (Å²) in [5, 5.41) is 10.7. The van der Waals surface area contributed by atoms with Crippen LogP contribution in [0.25, 0.3) is 0 Å². The Morgan fingerprint density at radius 2 is 2.20 bits per heavy atom. The van der Waals surface area contributed by atoms with Crippen LogP contribution in [0.4, 0.5) is 4.39 Å². The Labute approximate surface area is 125 Å². The molecule has 0 saturated heterocycles. The second-order valence-electron chi connectivity index (χ2n) is 3.90. The highest BCUT2D eigenvalue weighted by Gasteiger charge is 2.05. The molecule has 1 N–H and O–H groups in total. The predicted octanol–water partition coefficient (Wildman–Crippen LogP) is 3.85. The third-order valence-electron chi connectivity index (χ3n) is 2.47. The number of hydrogen-bond donors (Lipinski definition) is 1. The van der Waals surface area contributed by atoms with E-state index in [-0.39, 0.29) is 11.6 Å². The lowest BCUT2D eigenvalue weighted by Crippen LogP contribution is -1.95. The molecule has 0 amide bonds.